The number of sulfone groups is 1. The molecule has 3 atom stereocenters. The monoisotopic (exact) mass is 587 g/mol. The number of benzene rings is 2. The molecule has 0 spiro atoms. The lowest BCUT2D eigenvalue weighted by Crippen LogP contribution is -2.39. The third kappa shape index (κ3) is 6.47. The van der Waals surface area contributed by atoms with Crippen LogP contribution in [0.3, 0.4) is 0 Å². The van der Waals surface area contributed by atoms with Crippen molar-refractivity contribution < 1.29 is 27.4 Å². The van der Waals surface area contributed by atoms with Crippen molar-refractivity contribution in [3.63, 3.8) is 0 Å². The minimum Gasteiger partial charge on any atom is -0.488 e. The first-order chi connectivity index (χ1) is 19.0. The van der Waals surface area contributed by atoms with Gasteiger partial charge in [0.15, 0.2) is 15.0 Å². The summed E-state index contributed by atoms with van der Waals surface area (Å²) < 4.78 is 43.8. The molecule has 3 unspecified atom stereocenters. The van der Waals surface area contributed by atoms with E-state index in [1.807, 2.05) is 43.3 Å². The summed E-state index contributed by atoms with van der Waals surface area (Å²) in [6.07, 6.45) is 0. The minimum absolute atomic E-state index is 0.0912. The molecular weight excluding hydrogens is 553 g/mol. The number of rotatable bonds is 10. The normalized spacial score (nSPS) is 22.1. The quantitative estimate of drug-likeness (QED) is 0.371. The van der Waals surface area contributed by atoms with E-state index < -0.39 is 15.8 Å². The molecule has 0 amide bonds. The van der Waals surface area contributed by atoms with E-state index in [1.54, 1.807) is 6.07 Å². The van der Waals surface area contributed by atoms with Crippen LogP contribution in [-0.4, -0.2) is 67.6 Å². The van der Waals surface area contributed by atoms with Crippen LogP contribution in [0, 0.1) is 30.5 Å². The topological polar surface area (TPSA) is 100 Å². The standard InChI is InChI=1S/C29H34FN3O5S2/c1-18-12-20(14-33-8-10-40(36,37)11-9-33)4-5-21(18)16-38-26-7-6-22(30)13-23(26)25-17-39-29(31-25)32(3)15-24-19(2)27(24)28(34)35/h4-7,12-13,17,19,24,27H,8-11,14-16H2,1-3H3,(H,34,35). The van der Waals surface area contributed by atoms with Crippen LogP contribution in [0.4, 0.5) is 9.52 Å². The van der Waals surface area contributed by atoms with Gasteiger partial charge in [0.25, 0.3) is 0 Å². The number of halogens is 1. The molecule has 2 aliphatic rings. The predicted molar refractivity (Wildman–Crippen MR) is 154 cm³/mol. The molecule has 11 heteroatoms. The Labute approximate surface area is 238 Å². The van der Waals surface area contributed by atoms with Crippen molar-refractivity contribution in [2.75, 3.05) is 43.1 Å². The first-order valence-corrected chi connectivity index (χ1v) is 16.0. The van der Waals surface area contributed by atoms with E-state index in [4.69, 9.17) is 9.72 Å². The van der Waals surface area contributed by atoms with Gasteiger partial charge >= 0.3 is 5.97 Å². The zero-order valence-corrected chi connectivity index (χ0v) is 24.5. The van der Waals surface area contributed by atoms with Crippen LogP contribution in [0.1, 0.15) is 23.6 Å². The Morgan fingerprint density at radius 3 is 2.65 bits per heavy atom. The third-order valence-electron chi connectivity index (χ3n) is 8.00. The lowest BCUT2D eigenvalue weighted by molar-refractivity contribution is -0.139. The van der Waals surface area contributed by atoms with Crippen molar-refractivity contribution in [3.8, 4) is 17.0 Å². The highest BCUT2D eigenvalue weighted by Crippen LogP contribution is 2.47. The fourth-order valence-corrected chi connectivity index (χ4v) is 7.44. The SMILES string of the molecule is Cc1cc(CN2CCS(=O)(=O)CC2)ccc1COc1ccc(F)cc1-c1csc(N(C)CC2C(C)C2C(=O)O)n1. The summed E-state index contributed by atoms with van der Waals surface area (Å²) in [5, 5.41) is 11.9. The molecule has 0 bridgehead atoms. The minimum atomic E-state index is -2.90. The van der Waals surface area contributed by atoms with Gasteiger partial charge in [0.2, 0.25) is 0 Å². The smallest absolute Gasteiger partial charge is 0.307 e. The second-order valence-electron chi connectivity index (χ2n) is 10.9. The number of hydrogen-bond acceptors (Lipinski definition) is 8. The molecule has 1 aliphatic carbocycles. The summed E-state index contributed by atoms with van der Waals surface area (Å²) in [5.41, 5.74) is 4.37. The number of carbonyl (C=O) groups is 1. The van der Waals surface area contributed by atoms with E-state index in [9.17, 15) is 22.7 Å². The van der Waals surface area contributed by atoms with Crippen molar-refractivity contribution in [3.05, 3.63) is 64.3 Å². The highest BCUT2D eigenvalue weighted by atomic mass is 32.2. The van der Waals surface area contributed by atoms with Crippen molar-refractivity contribution >= 4 is 32.3 Å². The Balaban J connectivity index is 1.24. The maximum absolute atomic E-state index is 14.3. The van der Waals surface area contributed by atoms with Gasteiger partial charge in [0, 0.05) is 44.2 Å². The number of hydrogen-bond donors (Lipinski definition) is 1. The van der Waals surface area contributed by atoms with Crippen LogP contribution < -0.4 is 9.64 Å². The second-order valence-corrected chi connectivity index (χ2v) is 14.0. The molecule has 1 aromatic heterocycles. The lowest BCUT2D eigenvalue weighted by atomic mass is 10.0. The largest absolute Gasteiger partial charge is 0.488 e. The fraction of sp³-hybridized carbons (Fsp3) is 0.448. The van der Waals surface area contributed by atoms with Crippen LogP contribution in [0.25, 0.3) is 11.3 Å². The van der Waals surface area contributed by atoms with Crippen LogP contribution in [-0.2, 0) is 27.8 Å². The average Bonchev–Trinajstić information content (AvgIpc) is 3.30. The summed E-state index contributed by atoms with van der Waals surface area (Å²) in [6.45, 7) is 6.69. The molecule has 3 aromatic rings. The highest BCUT2D eigenvalue weighted by molar-refractivity contribution is 7.91. The predicted octanol–water partition coefficient (Wildman–Crippen LogP) is 4.47. The first-order valence-electron chi connectivity index (χ1n) is 13.3. The van der Waals surface area contributed by atoms with E-state index in [-0.39, 0.29) is 35.1 Å². The van der Waals surface area contributed by atoms with Crippen molar-refractivity contribution in [2.45, 2.75) is 27.0 Å². The molecule has 0 radical (unpaired) electrons. The third-order valence-corrected chi connectivity index (χ3v) is 10.6. The van der Waals surface area contributed by atoms with Gasteiger partial charge in [-0.25, -0.2) is 17.8 Å². The molecule has 2 fully saturated rings. The Kier molecular flexibility index (Phi) is 8.17. The van der Waals surface area contributed by atoms with Gasteiger partial charge in [-0.3, -0.25) is 9.69 Å². The summed E-state index contributed by atoms with van der Waals surface area (Å²) in [6, 6.07) is 10.6. The van der Waals surface area contributed by atoms with Gasteiger partial charge < -0.3 is 14.7 Å². The van der Waals surface area contributed by atoms with E-state index in [1.165, 1.54) is 23.5 Å². The van der Waals surface area contributed by atoms with Crippen molar-refractivity contribution in [1.82, 2.24) is 9.88 Å². The maximum atomic E-state index is 14.3. The number of thiazole rings is 1. The van der Waals surface area contributed by atoms with Crippen molar-refractivity contribution in [1.29, 1.82) is 0 Å². The van der Waals surface area contributed by atoms with Gasteiger partial charge in [-0.2, -0.15) is 0 Å². The number of aryl methyl sites for hydroxylation is 1. The Morgan fingerprint density at radius 1 is 1.23 bits per heavy atom. The number of anilines is 1. The molecular formula is C29H34FN3O5S2. The molecule has 1 saturated heterocycles. The Hall–Kier alpha value is -3.02. The molecule has 40 heavy (non-hydrogen) atoms. The van der Waals surface area contributed by atoms with E-state index in [0.29, 0.717) is 49.8 Å². The summed E-state index contributed by atoms with van der Waals surface area (Å²) in [4.78, 5) is 20.2. The van der Waals surface area contributed by atoms with E-state index in [2.05, 4.69) is 11.0 Å². The Bertz CT molecular complexity index is 1500. The fourth-order valence-electron chi connectivity index (χ4n) is 5.36. The lowest BCUT2D eigenvalue weighted by Gasteiger charge is -2.26. The number of aromatic nitrogens is 1. The number of nitrogens with zero attached hydrogens (tertiary/aromatic N) is 3. The summed E-state index contributed by atoms with van der Waals surface area (Å²) in [7, 11) is -1.00. The first kappa shape index (κ1) is 28.5. The molecule has 1 saturated carbocycles. The molecule has 214 valence electrons. The Morgan fingerprint density at radius 2 is 1.98 bits per heavy atom. The molecule has 1 N–H and O–H groups in total. The number of ether oxygens (including phenoxy) is 1. The van der Waals surface area contributed by atoms with Gasteiger partial charge in [-0.05, 0) is 53.6 Å². The molecule has 2 heterocycles. The molecule has 8 nitrogen and oxygen atoms in total. The van der Waals surface area contributed by atoms with Crippen LogP contribution in [0.2, 0.25) is 0 Å². The zero-order chi connectivity index (χ0) is 28.6. The highest BCUT2D eigenvalue weighted by Gasteiger charge is 2.52. The molecule has 2 aromatic carbocycles. The maximum Gasteiger partial charge on any atom is 0.307 e. The average molecular weight is 588 g/mol. The van der Waals surface area contributed by atoms with Gasteiger partial charge in [0.1, 0.15) is 18.2 Å². The van der Waals surface area contributed by atoms with E-state index in [0.717, 1.165) is 21.8 Å². The molecule has 5 rings (SSSR count). The second kappa shape index (κ2) is 11.5. The summed E-state index contributed by atoms with van der Waals surface area (Å²) in [5.74, 6) is -0.271. The number of carboxylic acids is 1. The zero-order valence-electron chi connectivity index (χ0n) is 22.8. The van der Waals surface area contributed by atoms with Crippen LogP contribution in [0.5, 0.6) is 5.75 Å². The molecule has 1 aliphatic heterocycles. The van der Waals surface area contributed by atoms with E-state index >= 15 is 0 Å². The summed E-state index contributed by atoms with van der Waals surface area (Å²) >= 11 is 1.43. The number of carboxylic acid groups (broad SMARTS) is 1. The van der Waals surface area contributed by atoms with Crippen molar-refractivity contribution in [2.24, 2.45) is 17.8 Å². The van der Waals surface area contributed by atoms with Gasteiger partial charge in [-0.1, -0.05) is 25.1 Å². The number of aliphatic carboxylic acids is 1. The van der Waals surface area contributed by atoms with Crippen LogP contribution in [0.15, 0.2) is 41.8 Å². The van der Waals surface area contributed by atoms with Crippen LogP contribution >= 0.6 is 11.3 Å². The van der Waals surface area contributed by atoms with Gasteiger partial charge in [0.05, 0.1) is 23.1 Å². The van der Waals surface area contributed by atoms with Gasteiger partial charge in [-0.15, -0.1) is 11.3 Å².